The number of anilines is 3. The van der Waals surface area contributed by atoms with Crippen molar-refractivity contribution in [1.29, 1.82) is 0 Å². The number of fused-ring (bicyclic) bond motifs is 1. The largest absolute Gasteiger partial charge is 0.390 e. The number of hydrazine groups is 1. The number of thioether (sulfide) groups is 1. The molecule has 0 bridgehead atoms. The van der Waals surface area contributed by atoms with Crippen LogP contribution in [0.5, 0.6) is 0 Å². The summed E-state index contributed by atoms with van der Waals surface area (Å²) >= 11 is 1.53. The fourth-order valence-corrected chi connectivity index (χ4v) is 3.94. The van der Waals surface area contributed by atoms with E-state index in [1.165, 1.54) is 11.8 Å². The molecule has 7 N–H and O–H groups in total. The summed E-state index contributed by atoms with van der Waals surface area (Å²) in [4.78, 5) is 8.78. The average Bonchev–Trinajstić information content (AvgIpc) is 3.00. The van der Waals surface area contributed by atoms with Crippen molar-refractivity contribution in [3.63, 3.8) is 0 Å². The van der Waals surface area contributed by atoms with Crippen molar-refractivity contribution in [2.75, 3.05) is 22.2 Å². The minimum absolute atomic E-state index is 0.174. The van der Waals surface area contributed by atoms with Gasteiger partial charge in [-0.05, 0) is 26.7 Å². The van der Waals surface area contributed by atoms with E-state index in [4.69, 9.17) is 21.1 Å². The summed E-state index contributed by atoms with van der Waals surface area (Å²) in [5.74, 6) is 6.54. The van der Waals surface area contributed by atoms with Gasteiger partial charge in [-0.25, -0.2) is 9.97 Å². The van der Waals surface area contributed by atoms with Gasteiger partial charge in [-0.15, -0.1) is 0 Å². The van der Waals surface area contributed by atoms with Gasteiger partial charge >= 0.3 is 0 Å². The van der Waals surface area contributed by atoms with Crippen molar-refractivity contribution >= 4 is 29.1 Å². The zero-order valence-electron chi connectivity index (χ0n) is 14.7. The van der Waals surface area contributed by atoms with Crippen molar-refractivity contribution in [2.45, 2.75) is 68.9 Å². The maximum atomic E-state index is 10.3. The molecule has 1 aliphatic carbocycles. The van der Waals surface area contributed by atoms with Gasteiger partial charge in [0.2, 0.25) is 0 Å². The summed E-state index contributed by atoms with van der Waals surface area (Å²) in [6, 6.07) is -0.174. The Bertz CT molecular complexity index is 632. The Labute approximate surface area is 151 Å². The Morgan fingerprint density at radius 3 is 2.72 bits per heavy atom. The second-order valence-corrected chi connectivity index (χ2v) is 7.79. The second-order valence-electron chi connectivity index (χ2n) is 6.73. The molecule has 4 unspecified atom stereocenters. The normalized spacial score (nSPS) is 30.3. The van der Waals surface area contributed by atoms with E-state index in [1.807, 2.05) is 13.8 Å². The van der Waals surface area contributed by atoms with Gasteiger partial charge in [-0.1, -0.05) is 18.7 Å². The van der Waals surface area contributed by atoms with Crippen molar-refractivity contribution in [3.8, 4) is 0 Å². The Kier molecular flexibility index (Phi) is 5.26. The van der Waals surface area contributed by atoms with Crippen LogP contribution in [0.15, 0.2) is 5.16 Å². The third-order valence-corrected chi connectivity index (χ3v) is 5.31. The zero-order valence-corrected chi connectivity index (χ0v) is 15.5. The van der Waals surface area contributed by atoms with Crippen LogP contribution >= 0.6 is 11.8 Å². The van der Waals surface area contributed by atoms with Crippen LogP contribution < -0.4 is 22.3 Å². The first-order chi connectivity index (χ1) is 11.8. The Morgan fingerprint density at radius 2 is 2.04 bits per heavy atom. The van der Waals surface area contributed by atoms with Crippen LogP contribution in [0.1, 0.15) is 33.6 Å². The molecule has 2 aliphatic rings. The summed E-state index contributed by atoms with van der Waals surface area (Å²) in [5.41, 5.74) is 8.98. The summed E-state index contributed by atoms with van der Waals surface area (Å²) in [6.07, 6.45) is 0.239. The van der Waals surface area contributed by atoms with Crippen LogP contribution in [0.25, 0.3) is 0 Å². The average molecular weight is 370 g/mol. The summed E-state index contributed by atoms with van der Waals surface area (Å²) < 4.78 is 11.7. The molecule has 1 aromatic heterocycles. The lowest BCUT2D eigenvalue weighted by atomic mass is 10.2. The first-order valence-electron chi connectivity index (χ1n) is 8.41. The number of aliphatic hydroxyl groups excluding tert-OH is 1. The van der Waals surface area contributed by atoms with E-state index in [-0.39, 0.29) is 24.1 Å². The molecule has 3 rings (SSSR count). The highest BCUT2D eigenvalue weighted by Crippen LogP contribution is 2.40. The topological polar surface area (TPSA) is 141 Å². The molecule has 2 heterocycles. The van der Waals surface area contributed by atoms with Gasteiger partial charge in [0.15, 0.2) is 22.6 Å². The monoisotopic (exact) mass is 370 g/mol. The first kappa shape index (κ1) is 18.5. The number of nitrogen functional groups attached to an aromatic ring is 2. The molecule has 0 radical (unpaired) electrons. The van der Waals surface area contributed by atoms with Crippen LogP contribution in [0, 0.1) is 0 Å². The second kappa shape index (κ2) is 7.12. The summed E-state index contributed by atoms with van der Waals surface area (Å²) in [7, 11) is 0. The van der Waals surface area contributed by atoms with E-state index in [2.05, 4.69) is 27.6 Å². The third kappa shape index (κ3) is 3.77. The van der Waals surface area contributed by atoms with Gasteiger partial charge in [-0.3, -0.25) is 5.84 Å². The van der Waals surface area contributed by atoms with E-state index >= 15 is 0 Å². The van der Waals surface area contributed by atoms with E-state index in [9.17, 15) is 5.11 Å². The van der Waals surface area contributed by atoms with Gasteiger partial charge < -0.3 is 31.1 Å². The van der Waals surface area contributed by atoms with Gasteiger partial charge in [0, 0.05) is 5.75 Å². The van der Waals surface area contributed by atoms with E-state index in [0.717, 1.165) is 12.2 Å². The zero-order chi connectivity index (χ0) is 18.2. The molecule has 9 nitrogen and oxygen atoms in total. The predicted molar refractivity (Wildman–Crippen MR) is 97.1 cm³/mol. The Balaban J connectivity index is 1.83. The maximum Gasteiger partial charge on any atom is 0.191 e. The van der Waals surface area contributed by atoms with Crippen molar-refractivity contribution in [1.82, 2.24) is 9.97 Å². The number of rotatable bonds is 6. The highest BCUT2D eigenvalue weighted by atomic mass is 32.2. The fourth-order valence-electron chi connectivity index (χ4n) is 3.23. The van der Waals surface area contributed by atoms with Crippen LogP contribution in [0.4, 0.5) is 17.3 Å². The quantitative estimate of drug-likeness (QED) is 0.212. The first-order valence-corrected chi connectivity index (χ1v) is 9.40. The lowest BCUT2D eigenvalue weighted by Crippen LogP contribution is -2.35. The number of hydrogen-bond donors (Lipinski definition) is 5. The summed E-state index contributed by atoms with van der Waals surface area (Å²) in [6.45, 7) is 5.76. The molecule has 0 amide bonds. The van der Waals surface area contributed by atoms with E-state index < -0.39 is 11.9 Å². The predicted octanol–water partition coefficient (Wildman–Crippen LogP) is 0.912. The minimum atomic E-state index is -0.724. The molecule has 0 aromatic carbocycles. The highest BCUT2D eigenvalue weighted by molar-refractivity contribution is 7.99. The standard InChI is InChI=1S/C15H26N6O3S/c1-4-5-25-14-19-12(16)9(21-17)13(20-14)18-7-6-8(22)11-10(7)23-15(2,3)24-11/h7-8,10-11,21-22H,4-6,17H2,1-3H3,(H3,16,18,19,20). The number of nitrogens with one attached hydrogen (secondary N) is 2. The van der Waals surface area contributed by atoms with E-state index in [1.54, 1.807) is 0 Å². The number of aliphatic hydroxyl groups is 1. The molecule has 10 heteroatoms. The Hall–Kier alpha value is -1.33. The smallest absolute Gasteiger partial charge is 0.191 e. The minimum Gasteiger partial charge on any atom is -0.390 e. The van der Waals surface area contributed by atoms with Gasteiger partial charge in [0.25, 0.3) is 0 Å². The highest BCUT2D eigenvalue weighted by Gasteiger charge is 2.53. The summed E-state index contributed by atoms with van der Waals surface area (Å²) in [5, 5.41) is 14.2. The molecular weight excluding hydrogens is 344 g/mol. The van der Waals surface area contributed by atoms with Gasteiger partial charge in [0.1, 0.15) is 17.9 Å². The van der Waals surface area contributed by atoms with Crippen molar-refractivity contribution in [2.24, 2.45) is 5.84 Å². The fraction of sp³-hybridized carbons (Fsp3) is 0.733. The molecule has 0 spiro atoms. The number of nitrogens with zero attached hydrogens (tertiary/aromatic N) is 2. The molecule has 25 heavy (non-hydrogen) atoms. The van der Waals surface area contributed by atoms with Crippen LogP contribution in [0.2, 0.25) is 0 Å². The van der Waals surface area contributed by atoms with Crippen LogP contribution in [0.3, 0.4) is 0 Å². The van der Waals surface area contributed by atoms with Crippen molar-refractivity contribution < 1.29 is 14.6 Å². The van der Waals surface area contributed by atoms with Crippen LogP contribution in [-0.2, 0) is 9.47 Å². The molecule has 1 saturated heterocycles. The Morgan fingerprint density at radius 1 is 1.32 bits per heavy atom. The maximum absolute atomic E-state index is 10.3. The number of aromatic nitrogens is 2. The third-order valence-electron chi connectivity index (χ3n) is 4.25. The number of hydrogen-bond acceptors (Lipinski definition) is 10. The van der Waals surface area contributed by atoms with E-state index in [0.29, 0.717) is 23.1 Å². The van der Waals surface area contributed by atoms with Gasteiger partial charge in [0.05, 0.1) is 12.1 Å². The molecule has 1 aliphatic heterocycles. The SMILES string of the molecule is CCCSc1nc(N)c(NN)c(NC2CC(O)C3OC(C)(C)OC23)n1. The lowest BCUT2D eigenvalue weighted by molar-refractivity contribution is -0.162. The molecule has 4 atom stereocenters. The van der Waals surface area contributed by atoms with Gasteiger partial charge in [-0.2, -0.15) is 0 Å². The molecule has 140 valence electrons. The number of ether oxygens (including phenoxy) is 2. The van der Waals surface area contributed by atoms with Crippen LogP contribution in [-0.4, -0.2) is 51.0 Å². The lowest BCUT2D eigenvalue weighted by Gasteiger charge is -2.24. The molecule has 2 fully saturated rings. The van der Waals surface area contributed by atoms with Crippen molar-refractivity contribution in [3.05, 3.63) is 0 Å². The molecule has 1 saturated carbocycles. The molecule has 1 aromatic rings. The number of nitrogens with two attached hydrogens (primary N) is 2. The molecular formula is C15H26N6O3S.